The zero-order valence-electron chi connectivity index (χ0n) is 9.70. The number of hydrogen-bond donors (Lipinski definition) is 1. The summed E-state index contributed by atoms with van der Waals surface area (Å²) in [5, 5.41) is 7.23. The Bertz CT molecular complexity index is 439. The van der Waals surface area contributed by atoms with Gasteiger partial charge in [-0.05, 0) is 36.7 Å². The summed E-state index contributed by atoms with van der Waals surface area (Å²) in [6, 6.07) is 0.141. The largest absolute Gasteiger partial charge is 0.377 e. The number of rotatable bonds is 4. The zero-order chi connectivity index (χ0) is 12.3. The lowest BCUT2D eigenvalue weighted by molar-refractivity contribution is 0.501. The Morgan fingerprint density at radius 1 is 1.56 bits per heavy atom. The molecule has 1 aromatic heterocycles. The van der Waals surface area contributed by atoms with Gasteiger partial charge in [-0.1, -0.05) is 6.08 Å². The van der Waals surface area contributed by atoms with Gasteiger partial charge in [0.15, 0.2) is 0 Å². The Kier molecular flexibility index (Phi) is 4.29. The van der Waals surface area contributed by atoms with Gasteiger partial charge in [0, 0.05) is 6.04 Å². The topological polar surface area (TPSA) is 46.9 Å². The van der Waals surface area contributed by atoms with Crippen molar-refractivity contribution in [1.29, 1.82) is 0 Å². The van der Waals surface area contributed by atoms with Crippen molar-refractivity contribution in [2.45, 2.75) is 32.9 Å². The Hall–Kier alpha value is -1.10. The Morgan fingerprint density at radius 3 is 2.69 bits per heavy atom. The van der Waals surface area contributed by atoms with Gasteiger partial charge in [-0.25, -0.2) is 4.68 Å². The number of nitrogens with one attached hydrogen (secondary N) is 1. The molecule has 1 rings (SSSR count). The van der Waals surface area contributed by atoms with Gasteiger partial charge in [-0.2, -0.15) is 5.10 Å². The normalized spacial score (nSPS) is 12.6. The maximum atomic E-state index is 11.9. The van der Waals surface area contributed by atoms with Gasteiger partial charge in [0.2, 0.25) is 0 Å². The third-order valence-electron chi connectivity index (χ3n) is 2.17. The molecule has 5 heteroatoms. The second-order valence-corrected chi connectivity index (χ2v) is 4.68. The average molecular weight is 286 g/mol. The van der Waals surface area contributed by atoms with E-state index >= 15 is 0 Å². The third kappa shape index (κ3) is 2.72. The van der Waals surface area contributed by atoms with Gasteiger partial charge < -0.3 is 5.32 Å². The predicted molar refractivity (Wildman–Crippen MR) is 69.9 cm³/mol. The molecular formula is C11H16BrN3O. The van der Waals surface area contributed by atoms with Crippen molar-refractivity contribution in [3.63, 3.8) is 0 Å². The first kappa shape index (κ1) is 13.0. The van der Waals surface area contributed by atoms with Crippen molar-refractivity contribution >= 4 is 21.6 Å². The standard InChI is InChI=1S/C11H16BrN3O/c1-5-8(4)14-9-6-13-15(7(2)3)11(16)10(9)12/h5-8,14H,1H2,2-4H3. The molecule has 1 unspecified atom stereocenters. The molecule has 0 bridgehead atoms. The van der Waals surface area contributed by atoms with Crippen LogP contribution in [-0.4, -0.2) is 15.8 Å². The van der Waals surface area contributed by atoms with Crippen LogP contribution in [0, 0.1) is 0 Å². The molecule has 1 N–H and O–H groups in total. The summed E-state index contributed by atoms with van der Waals surface area (Å²) in [6.45, 7) is 9.46. The molecule has 1 aromatic rings. The minimum absolute atomic E-state index is 0.0506. The van der Waals surface area contributed by atoms with Crippen molar-refractivity contribution in [3.05, 3.63) is 33.7 Å². The zero-order valence-corrected chi connectivity index (χ0v) is 11.3. The smallest absolute Gasteiger partial charge is 0.283 e. The predicted octanol–water partition coefficient (Wildman–Crippen LogP) is 2.57. The number of halogens is 1. The lowest BCUT2D eigenvalue weighted by Gasteiger charge is -2.14. The first-order chi connectivity index (χ1) is 7.47. The summed E-state index contributed by atoms with van der Waals surface area (Å²) in [6.07, 6.45) is 3.41. The molecule has 1 heterocycles. The van der Waals surface area contributed by atoms with E-state index in [1.807, 2.05) is 20.8 Å². The highest BCUT2D eigenvalue weighted by atomic mass is 79.9. The van der Waals surface area contributed by atoms with Gasteiger partial charge in [-0.15, -0.1) is 6.58 Å². The lowest BCUT2D eigenvalue weighted by Crippen LogP contribution is -2.27. The molecule has 4 nitrogen and oxygen atoms in total. The summed E-state index contributed by atoms with van der Waals surface area (Å²) in [4.78, 5) is 11.9. The van der Waals surface area contributed by atoms with E-state index in [1.165, 1.54) is 4.68 Å². The molecule has 0 fully saturated rings. The Balaban J connectivity index is 3.12. The molecule has 0 spiro atoms. The van der Waals surface area contributed by atoms with Crippen molar-refractivity contribution in [1.82, 2.24) is 9.78 Å². The van der Waals surface area contributed by atoms with Gasteiger partial charge in [-0.3, -0.25) is 4.79 Å². The fourth-order valence-corrected chi connectivity index (χ4v) is 1.62. The SMILES string of the molecule is C=CC(C)Nc1cnn(C(C)C)c(=O)c1Br. The summed E-state index contributed by atoms with van der Waals surface area (Å²) in [5.74, 6) is 0. The van der Waals surface area contributed by atoms with Gasteiger partial charge in [0.05, 0.1) is 17.9 Å². The molecule has 16 heavy (non-hydrogen) atoms. The first-order valence-electron chi connectivity index (χ1n) is 5.13. The van der Waals surface area contributed by atoms with E-state index in [1.54, 1.807) is 12.3 Å². The summed E-state index contributed by atoms with van der Waals surface area (Å²) >= 11 is 3.29. The third-order valence-corrected chi connectivity index (χ3v) is 2.94. The Labute approximate surface area is 103 Å². The van der Waals surface area contributed by atoms with Crippen molar-refractivity contribution in [3.8, 4) is 0 Å². The second kappa shape index (κ2) is 5.30. The van der Waals surface area contributed by atoms with E-state index < -0.39 is 0 Å². The number of hydrogen-bond acceptors (Lipinski definition) is 3. The summed E-state index contributed by atoms with van der Waals surface area (Å²) in [5.41, 5.74) is 0.561. The van der Waals surface area contributed by atoms with Crippen LogP contribution in [0.3, 0.4) is 0 Å². The van der Waals surface area contributed by atoms with Crippen LogP contribution >= 0.6 is 15.9 Å². The molecule has 0 radical (unpaired) electrons. The fraction of sp³-hybridized carbons (Fsp3) is 0.455. The lowest BCUT2D eigenvalue weighted by atomic mass is 10.3. The summed E-state index contributed by atoms with van der Waals surface area (Å²) in [7, 11) is 0. The maximum absolute atomic E-state index is 11.9. The molecule has 0 aliphatic rings. The minimum Gasteiger partial charge on any atom is -0.377 e. The van der Waals surface area contributed by atoms with Gasteiger partial charge >= 0.3 is 0 Å². The second-order valence-electron chi connectivity index (χ2n) is 3.88. The van der Waals surface area contributed by atoms with Crippen LogP contribution in [0.15, 0.2) is 28.1 Å². The highest BCUT2D eigenvalue weighted by Crippen LogP contribution is 2.18. The quantitative estimate of drug-likeness (QED) is 0.865. The van der Waals surface area contributed by atoms with E-state index in [2.05, 4.69) is 32.9 Å². The molecular weight excluding hydrogens is 270 g/mol. The molecule has 88 valence electrons. The van der Waals surface area contributed by atoms with Crippen molar-refractivity contribution < 1.29 is 0 Å². The van der Waals surface area contributed by atoms with E-state index in [0.717, 1.165) is 0 Å². The maximum Gasteiger partial charge on any atom is 0.283 e. The number of nitrogens with zero attached hydrogens (tertiary/aromatic N) is 2. The molecule has 0 aliphatic heterocycles. The van der Waals surface area contributed by atoms with E-state index in [-0.39, 0.29) is 17.6 Å². The number of anilines is 1. The first-order valence-corrected chi connectivity index (χ1v) is 5.93. The van der Waals surface area contributed by atoms with E-state index in [0.29, 0.717) is 10.2 Å². The van der Waals surface area contributed by atoms with Crippen LogP contribution in [0.5, 0.6) is 0 Å². The van der Waals surface area contributed by atoms with Crippen LogP contribution < -0.4 is 10.9 Å². The van der Waals surface area contributed by atoms with Crippen molar-refractivity contribution in [2.24, 2.45) is 0 Å². The highest BCUT2D eigenvalue weighted by molar-refractivity contribution is 9.10. The minimum atomic E-state index is -0.128. The fourth-order valence-electron chi connectivity index (χ4n) is 1.22. The molecule has 1 atom stereocenters. The van der Waals surface area contributed by atoms with Gasteiger partial charge in [0.1, 0.15) is 4.47 Å². The highest BCUT2D eigenvalue weighted by Gasteiger charge is 2.11. The monoisotopic (exact) mass is 285 g/mol. The molecule has 0 amide bonds. The van der Waals surface area contributed by atoms with Crippen LogP contribution in [0.1, 0.15) is 26.8 Å². The molecule has 0 saturated heterocycles. The molecule has 0 saturated carbocycles. The number of aromatic nitrogens is 2. The van der Waals surface area contributed by atoms with Crippen LogP contribution in [0.25, 0.3) is 0 Å². The molecule has 0 aromatic carbocycles. The molecule has 0 aliphatic carbocycles. The van der Waals surface area contributed by atoms with Crippen molar-refractivity contribution in [2.75, 3.05) is 5.32 Å². The summed E-state index contributed by atoms with van der Waals surface area (Å²) < 4.78 is 1.94. The van der Waals surface area contributed by atoms with Crippen LogP contribution in [0.4, 0.5) is 5.69 Å². The van der Waals surface area contributed by atoms with E-state index in [9.17, 15) is 4.79 Å². The Morgan fingerprint density at radius 2 is 2.19 bits per heavy atom. The van der Waals surface area contributed by atoms with Gasteiger partial charge in [0.25, 0.3) is 5.56 Å². The van der Waals surface area contributed by atoms with Crippen LogP contribution in [-0.2, 0) is 0 Å². The van der Waals surface area contributed by atoms with Crippen LogP contribution in [0.2, 0.25) is 0 Å². The van der Waals surface area contributed by atoms with E-state index in [4.69, 9.17) is 0 Å². The average Bonchev–Trinajstić information content (AvgIpc) is 2.24.